The summed E-state index contributed by atoms with van der Waals surface area (Å²) in [6.07, 6.45) is 0.0507. The lowest BCUT2D eigenvalue weighted by Gasteiger charge is -2.14. The molecule has 0 saturated heterocycles. The highest BCUT2D eigenvalue weighted by molar-refractivity contribution is 5.75. The molecule has 0 fully saturated rings. The summed E-state index contributed by atoms with van der Waals surface area (Å²) in [6.45, 7) is 3.20. The van der Waals surface area contributed by atoms with Crippen LogP contribution in [0.5, 0.6) is 0 Å². The minimum absolute atomic E-state index is 0.0507. The van der Waals surface area contributed by atoms with Gasteiger partial charge in [0.05, 0.1) is 4.92 Å². The molecule has 1 rings (SSSR count). The number of amides is 1. The van der Waals surface area contributed by atoms with Gasteiger partial charge in [0, 0.05) is 19.5 Å². The Labute approximate surface area is 109 Å². The third kappa shape index (κ3) is 3.76. The molecule has 1 amide bonds. The molecule has 19 heavy (non-hydrogen) atoms. The van der Waals surface area contributed by atoms with E-state index in [0.717, 1.165) is 0 Å². The van der Waals surface area contributed by atoms with E-state index in [-0.39, 0.29) is 35.6 Å². The largest absolute Gasteiger partial charge is 0.370 e. The van der Waals surface area contributed by atoms with Gasteiger partial charge in [-0.3, -0.25) is 14.9 Å². The van der Waals surface area contributed by atoms with Gasteiger partial charge in [-0.1, -0.05) is 0 Å². The van der Waals surface area contributed by atoms with E-state index < -0.39 is 10.8 Å². The molecule has 1 heterocycles. The van der Waals surface area contributed by atoms with Crippen LogP contribution >= 0.6 is 0 Å². The Hall–Kier alpha value is -2.45. The maximum Gasteiger partial charge on any atom is 0.332 e. The zero-order valence-corrected chi connectivity index (χ0v) is 10.9. The second-order valence-electron chi connectivity index (χ2n) is 4.05. The normalized spacial score (nSPS) is 11.7. The Morgan fingerprint density at radius 2 is 2.16 bits per heavy atom. The lowest BCUT2D eigenvalue weighted by atomic mass is 10.2. The number of nitro groups is 1. The van der Waals surface area contributed by atoms with Crippen molar-refractivity contribution in [2.45, 2.75) is 26.3 Å². The van der Waals surface area contributed by atoms with E-state index >= 15 is 0 Å². The van der Waals surface area contributed by atoms with Crippen molar-refractivity contribution in [3.8, 4) is 0 Å². The predicted molar refractivity (Wildman–Crippen MR) is 69.9 cm³/mol. The van der Waals surface area contributed by atoms with Crippen LogP contribution in [0.4, 0.5) is 17.5 Å². The van der Waals surface area contributed by atoms with Crippen LogP contribution in [0.25, 0.3) is 0 Å². The molecule has 1 atom stereocenters. The molecule has 1 aromatic rings. The quantitative estimate of drug-likeness (QED) is 0.502. The fourth-order valence-electron chi connectivity index (χ4n) is 1.58. The second kappa shape index (κ2) is 5.94. The summed E-state index contributed by atoms with van der Waals surface area (Å²) >= 11 is 0. The van der Waals surface area contributed by atoms with Crippen molar-refractivity contribution in [3.63, 3.8) is 0 Å². The molecule has 1 unspecified atom stereocenters. The Morgan fingerprint density at radius 3 is 2.63 bits per heavy atom. The van der Waals surface area contributed by atoms with Gasteiger partial charge in [-0.15, -0.1) is 0 Å². The van der Waals surface area contributed by atoms with Crippen LogP contribution in [0.1, 0.15) is 19.0 Å². The van der Waals surface area contributed by atoms with Gasteiger partial charge in [-0.25, -0.2) is 4.98 Å². The Balaban J connectivity index is 3.12. The summed E-state index contributed by atoms with van der Waals surface area (Å²) in [5.74, 6) is -0.172. The summed E-state index contributed by atoms with van der Waals surface area (Å²) in [5, 5.41) is 16.5. The number of aromatic nitrogens is 2. The molecule has 0 saturated carbocycles. The lowest BCUT2D eigenvalue weighted by Crippen LogP contribution is -2.25. The number of nitrogens with zero attached hydrogens (tertiary/aromatic N) is 3. The van der Waals surface area contributed by atoms with E-state index in [1.807, 2.05) is 0 Å². The topological polar surface area (TPSA) is 136 Å². The highest BCUT2D eigenvalue weighted by Gasteiger charge is 2.23. The second-order valence-corrected chi connectivity index (χ2v) is 4.05. The summed E-state index contributed by atoms with van der Waals surface area (Å²) < 4.78 is 0. The molecule has 4 N–H and O–H groups in total. The highest BCUT2D eigenvalue weighted by Crippen LogP contribution is 2.27. The molecule has 1 aromatic heterocycles. The Bertz CT molecular complexity index is 504. The standard InChI is InChI=1S/C10H16N6O3/c1-5(4-7(11)17)13-9-8(16(18)19)6(2)14-10(12-3)15-9/h5H,4H2,1-3H3,(H2,11,17)(H2,12,13,14,15). The first-order valence-corrected chi connectivity index (χ1v) is 5.60. The van der Waals surface area contributed by atoms with Crippen molar-refractivity contribution in [1.82, 2.24) is 9.97 Å². The Kier molecular flexibility index (Phi) is 4.56. The van der Waals surface area contributed by atoms with E-state index in [2.05, 4.69) is 20.6 Å². The third-order valence-corrected chi connectivity index (χ3v) is 2.35. The van der Waals surface area contributed by atoms with Crippen molar-refractivity contribution in [3.05, 3.63) is 15.8 Å². The number of carbonyl (C=O) groups excluding carboxylic acids is 1. The minimum atomic E-state index is -0.561. The number of hydrogen-bond donors (Lipinski definition) is 3. The number of nitrogens with one attached hydrogen (secondary N) is 2. The van der Waals surface area contributed by atoms with Gasteiger partial charge in [0.15, 0.2) is 0 Å². The van der Waals surface area contributed by atoms with E-state index in [0.29, 0.717) is 0 Å². The molecule has 0 aliphatic heterocycles. The van der Waals surface area contributed by atoms with E-state index in [1.54, 1.807) is 14.0 Å². The van der Waals surface area contributed by atoms with Crippen molar-refractivity contribution in [1.29, 1.82) is 0 Å². The fourth-order valence-corrected chi connectivity index (χ4v) is 1.58. The zero-order valence-electron chi connectivity index (χ0n) is 10.9. The van der Waals surface area contributed by atoms with Gasteiger partial charge in [0.25, 0.3) is 0 Å². The van der Waals surface area contributed by atoms with Gasteiger partial charge in [0.2, 0.25) is 17.7 Å². The molecule has 104 valence electrons. The number of rotatable bonds is 6. The molecule has 9 heteroatoms. The third-order valence-electron chi connectivity index (χ3n) is 2.35. The van der Waals surface area contributed by atoms with E-state index in [4.69, 9.17) is 5.73 Å². The summed E-state index contributed by atoms with van der Waals surface area (Å²) in [7, 11) is 1.61. The maximum atomic E-state index is 11.0. The molecule has 9 nitrogen and oxygen atoms in total. The monoisotopic (exact) mass is 268 g/mol. The maximum absolute atomic E-state index is 11.0. The molecule has 0 aromatic carbocycles. The van der Waals surface area contributed by atoms with Crippen molar-refractivity contribution < 1.29 is 9.72 Å². The smallest absolute Gasteiger partial charge is 0.332 e. The van der Waals surface area contributed by atoms with Crippen LogP contribution in [0.3, 0.4) is 0 Å². The first-order valence-electron chi connectivity index (χ1n) is 5.60. The van der Waals surface area contributed by atoms with Crippen molar-refractivity contribution in [2.24, 2.45) is 5.73 Å². The number of aryl methyl sites for hydroxylation is 1. The van der Waals surface area contributed by atoms with Crippen LogP contribution in [0.2, 0.25) is 0 Å². The van der Waals surface area contributed by atoms with Gasteiger partial charge in [0.1, 0.15) is 5.69 Å². The molecule has 0 spiro atoms. The number of primary amides is 1. The SMILES string of the molecule is CNc1nc(C)c([N+](=O)[O-])c(NC(C)CC(N)=O)n1. The van der Waals surface area contributed by atoms with Crippen LogP contribution in [-0.2, 0) is 4.79 Å². The van der Waals surface area contributed by atoms with Gasteiger partial charge in [-0.05, 0) is 13.8 Å². The summed E-state index contributed by atoms with van der Waals surface area (Å²) in [4.78, 5) is 29.2. The summed E-state index contributed by atoms with van der Waals surface area (Å²) in [6, 6.07) is -0.366. The van der Waals surface area contributed by atoms with E-state index in [1.165, 1.54) is 6.92 Å². The number of carbonyl (C=O) groups is 1. The van der Waals surface area contributed by atoms with Gasteiger partial charge >= 0.3 is 5.69 Å². The first-order chi connectivity index (χ1) is 8.85. The predicted octanol–water partition coefficient (Wildman–Crippen LogP) is 0.411. The Morgan fingerprint density at radius 1 is 1.53 bits per heavy atom. The molecule has 0 aliphatic carbocycles. The van der Waals surface area contributed by atoms with Gasteiger partial charge < -0.3 is 16.4 Å². The summed E-state index contributed by atoms with van der Waals surface area (Å²) in [5.41, 5.74) is 5.09. The molecule has 0 aliphatic rings. The van der Waals surface area contributed by atoms with Crippen LogP contribution in [-0.4, -0.2) is 33.9 Å². The number of anilines is 2. The molecule has 0 bridgehead atoms. The fraction of sp³-hybridized carbons (Fsp3) is 0.500. The van der Waals surface area contributed by atoms with Crippen LogP contribution in [0, 0.1) is 17.0 Å². The van der Waals surface area contributed by atoms with Crippen molar-refractivity contribution >= 4 is 23.4 Å². The van der Waals surface area contributed by atoms with Crippen LogP contribution < -0.4 is 16.4 Å². The average molecular weight is 268 g/mol. The highest BCUT2D eigenvalue weighted by atomic mass is 16.6. The van der Waals surface area contributed by atoms with Crippen LogP contribution in [0.15, 0.2) is 0 Å². The lowest BCUT2D eigenvalue weighted by molar-refractivity contribution is -0.385. The molecule has 0 radical (unpaired) electrons. The number of hydrogen-bond acceptors (Lipinski definition) is 7. The van der Waals surface area contributed by atoms with Gasteiger partial charge in [-0.2, -0.15) is 4.98 Å². The number of nitrogens with two attached hydrogens (primary N) is 1. The average Bonchev–Trinajstić information content (AvgIpc) is 2.26. The zero-order chi connectivity index (χ0) is 14.6. The van der Waals surface area contributed by atoms with Crippen molar-refractivity contribution in [2.75, 3.05) is 17.7 Å². The first kappa shape index (κ1) is 14.6. The molecular formula is C10H16N6O3. The minimum Gasteiger partial charge on any atom is -0.370 e. The molecular weight excluding hydrogens is 252 g/mol. The van der Waals surface area contributed by atoms with E-state index in [9.17, 15) is 14.9 Å².